The zero-order chi connectivity index (χ0) is 30.2. The van der Waals surface area contributed by atoms with Crippen molar-refractivity contribution < 1.29 is 18.0 Å². The van der Waals surface area contributed by atoms with Crippen molar-refractivity contribution in [2.75, 3.05) is 17.4 Å². The van der Waals surface area contributed by atoms with Crippen LogP contribution < -0.4 is 9.62 Å². The van der Waals surface area contributed by atoms with E-state index in [1.165, 1.54) is 17.0 Å². The Hall–Kier alpha value is -3.07. The largest absolute Gasteiger partial charge is 0.354 e. The number of sulfonamides is 1. The van der Waals surface area contributed by atoms with Crippen molar-refractivity contribution in [2.24, 2.45) is 0 Å². The number of rotatable bonds is 13. The van der Waals surface area contributed by atoms with Crippen LogP contribution in [0.2, 0.25) is 10.0 Å². The molecule has 7 nitrogen and oxygen atoms in total. The zero-order valence-electron chi connectivity index (χ0n) is 23.9. The van der Waals surface area contributed by atoms with Crippen molar-refractivity contribution in [3.63, 3.8) is 0 Å². The SMILES string of the molecule is CCCCNC(=O)[C@H](CC)N(Cc1ccc(Cl)cc1)C(=O)CN(c1cccc(Cl)c1C)S(=O)(=O)c1ccc(C)cc1. The molecule has 1 atom stereocenters. The highest BCUT2D eigenvalue weighted by Crippen LogP contribution is 2.31. The van der Waals surface area contributed by atoms with Crippen LogP contribution in [0.4, 0.5) is 5.69 Å². The number of benzene rings is 3. The number of nitrogens with zero attached hydrogens (tertiary/aromatic N) is 2. The molecule has 0 aliphatic heterocycles. The predicted molar refractivity (Wildman–Crippen MR) is 166 cm³/mol. The maximum atomic E-state index is 14.1. The van der Waals surface area contributed by atoms with Gasteiger partial charge in [0.2, 0.25) is 11.8 Å². The summed E-state index contributed by atoms with van der Waals surface area (Å²) in [6, 6.07) is 17.6. The van der Waals surface area contributed by atoms with Crippen molar-refractivity contribution in [3.05, 3.63) is 93.5 Å². The lowest BCUT2D eigenvalue weighted by atomic mass is 10.1. The normalized spacial score (nSPS) is 12.0. The highest BCUT2D eigenvalue weighted by Gasteiger charge is 2.34. The molecular weight excluding hydrogens is 581 g/mol. The molecule has 3 aromatic carbocycles. The van der Waals surface area contributed by atoms with Gasteiger partial charge in [0.1, 0.15) is 12.6 Å². The molecule has 0 aliphatic carbocycles. The number of halogens is 2. The Labute approximate surface area is 253 Å². The molecule has 1 N–H and O–H groups in total. The lowest BCUT2D eigenvalue weighted by molar-refractivity contribution is -0.140. The fourth-order valence-electron chi connectivity index (χ4n) is 4.43. The van der Waals surface area contributed by atoms with Crippen LogP contribution in [0.1, 0.15) is 49.8 Å². The van der Waals surface area contributed by atoms with E-state index in [4.69, 9.17) is 23.2 Å². The fourth-order valence-corrected chi connectivity index (χ4v) is 6.20. The van der Waals surface area contributed by atoms with Crippen molar-refractivity contribution in [1.82, 2.24) is 10.2 Å². The molecule has 0 fully saturated rings. The molecule has 0 aromatic heterocycles. The number of unbranched alkanes of at least 4 members (excludes halogenated alkanes) is 1. The highest BCUT2D eigenvalue weighted by molar-refractivity contribution is 7.92. The number of amides is 2. The van der Waals surface area contributed by atoms with Gasteiger partial charge in [-0.15, -0.1) is 0 Å². The van der Waals surface area contributed by atoms with E-state index in [1.54, 1.807) is 61.5 Å². The van der Waals surface area contributed by atoms with Gasteiger partial charge in [-0.3, -0.25) is 13.9 Å². The topological polar surface area (TPSA) is 86.8 Å². The predicted octanol–water partition coefficient (Wildman–Crippen LogP) is 6.53. The van der Waals surface area contributed by atoms with Crippen LogP contribution in [0.15, 0.2) is 71.6 Å². The van der Waals surface area contributed by atoms with Gasteiger partial charge in [0, 0.05) is 23.1 Å². The molecule has 0 aliphatic rings. The minimum atomic E-state index is -4.18. The second-order valence-corrected chi connectivity index (χ2v) is 12.6. The van der Waals surface area contributed by atoms with E-state index in [0.29, 0.717) is 34.3 Å². The Bertz CT molecular complexity index is 1450. The maximum absolute atomic E-state index is 14.1. The smallest absolute Gasteiger partial charge is 0.264 e. The van der Waals surface area contributed by atoms with Gasteiger partial charge in [0.05, 0.1) is 10.6 Å². The van der Waals surface area contributed by atoms with Gasteiger partial charge in [-0.25, -0.2) is 8.42 Å². The number of hydrogen-bond donors (Lipinski definition) is 1. The van der Waals surface area contributed by atoms with E-state index in [1.807, 2.05) is 20.8 Å². The molecule has 0 saturated carbocycles. The minimum absolute atomic E-state index is 0.0453. The Balaban J connectivity index is 2.07. The number of aryl methyl sites for hydroxylation is 1. The summed E-state index contributed by atoms with van der Waals surface area (Å²) in [4.78, 5) is 28.9. The second kappa shape index (κ2) is 14.7. The number of carbonyl (C=O) groups is 2. The average molecular weight is 619 g/mol. The first-order valence-corrected chi connectivity index (χ1v) is 15.8. The molecular formula is C31H37Cl2N3O4S. The summed E-state index contributed by atoms with van der Waals surface area (Å²) in [7, 11) is -4.18. The van der Waals surface area contributed by atoms with Crippen LogP contribution in [-0.2, 0) is 26.2 Å². The van der Waals surface area contributed by atoms with Crippen LogP contribution in [0.3, 0.4) is 0 Å². The van der Waals surface area contributed by atoms with E-state index in [0.717, 1.165) is 28.3 Å². The Morgan fingerprint density at radius 2 is 1.59 bits per heavy atom. The van der Waals surface area contributed by atoms with Gasteiger partial charge in [-0.05, 0) is 74.2 Å². The summed E-state index contributed by atoms with van der Waals surface area (Å²) in [5, 5.41) is 3.84. The quantitative estimate of drug-likeness (QED) is 0.221. The third kappa shape index (κ3) is 8.24. The summed E-state index contributed by atoms with van der Waals surface area (Å²) < 4.78 is 29.1. The van der Waals surface area contributed by atoms with Crippen LogP contribution in [0.5, 0.6) is 0 Å². The summed E-state index contributed by atoms with van der Waals surface area (Å²) in [5.74, 6) is -0.803. The summed E-state index contributed by atoms with van der Waals surface area (Å²) in [5.41, 5.74) is 2.47. The molecule has 41 heavy (non-hydrogen) atoms. The molecule has 0 unspecified atom stereocenters. The number of hydrogen-bond acceptors (Lipinski definition) is 4. The second-order valence-electron chi connectivity index (χ2n) is 9.93. The van der Waals surface area contributed by atoms with Gasteiger partial charge in [0.25, 0.3) is 10.0 Å². The first-order chi connectivity index (χ1) is 19.5. The van der Waals surface area contributed by atoms with Crippen LogP contribution in [-0.4, -0.2) is 44.3 Å². The molecule has 0 heterocycles. The molecule has 3 rings (SSSR count). The van der Waals surface area contributed by atoms with E-state index < -0.39 is 28.5 Å². The average Bonchev–Trinajstić information content (AvgIpc) is 2.94. The lowest BCUT2D eigenvalue weighted by Crippen LogP contribution is -2.52. The van der Waals surface area contributed by atoms with E-state index in [2.05, 4.69) is 5.32 Å². The van der Waals surface area contributed by atoms with Crippen molar-refractivity contribution in [2.45, 2.75) is 64.4 Å². The molecule has 2 amide bonds. The molecule has 3 aromatic rings. The molecule has 0 saturated heterocycles. The van der Waals surface area contributed by atoms with Gasteiger partial charge >= 0.3 is 0 Å². The third-order valence-corrected chi connectivity index (χ3v) is 9.31. The minimum Gasteiger partial charge on any atom is -0.354 e. The van der Waals surface area contributed by atoms with Gasteiger partial charge in [0.15, 0.2) is 0 Å². The highest BCUT2D eigenvalue weighted by atomic mass is 35.5. The number of carbonyl (C=O) groups excluding carboxylic acids is 2. The summed E-state index contributed by atoms with van der Waals surface area (Å²) in [6.45, 7) is 7.50. The van der Waals surface area contributed by atoms with Gasteiger partial charge in [-0.2, -0.15) is 0 Å². The first kappa shape index (κ1) is 32.4. The van der Waals surface area contributed by atoms with Crippen molar-refractivity contribution in [1.29, 1.82) is 0 Å². The summed E-state index contributed by atoms with van der Waals surface area (Å²) in [6.07, 6.45) is 2.07. The lowest BCUT2D eigenvalue weighted by Gasteiger charge is -2.33. The Kier molecular flexibility index (Phi) is 11.6. The van der Waals surface area contributed by atoms with Crippen LogP contribution in [0.25, 0.3) is 0 Å². The maximum Gasteiger partial charge on any atom is 0.264 e. The molecule has 0 radical (unpaired) electrons. The zero-order valence-corrected chi connectivity index (χ0v) is 26.2. The van der Waals surface area contributed by atoms with E-state index >= 15 is 0 Å². The standard InChI is InChI=1S/C31H37Cl2N3O4S/c1-5-7-19-34-31(38)28(6-2)35(20-24-13-15-25(32)16-14-24)30(37)21-36(29-10-8-9-27(33)23(29)4)41(39,40)26-17-11-22(3)12-18-26/h8-18,28H,5-7,19-21H2,1-4H3,(H,34,38)/t28-/m0/s1. The molecule has 10 heteroatoms. The Morgan fingerprint density at radius 1 is 0.927 bits per heavy atom. The molecule has 220 valence electrons. The fraction of sp³-hybridized carbons (Fsp3) is 0.355. The molecule has 0 bridgehead atoms. The third-order valence-electron chi connectivity index (χ3n) is 6.88. The first-order valence-electron chi connectivity index (χ1n) is 13.7. The summed E-state index contributed by atoms with van der Waals surface area (Å²) >= 11 is 12.5. The number of nitrogens with one attached hydrogen (secondary N) is 1. The monoisotopic (exact) mass is 617 g/mol. The Morgan fingerprint density at radius 3 is 2.20 bits per heavy atom. The van der Waals surface area contributed by atoms with E-state index in [-0.39, 0.29) is 17.3 Å². The van der Waals surface area contributed by atoms with Crippen molar-refractivity contribution in [3.8, 4) is 0 Å². The van der Waals surface area contributed by atoms with Crippen LogP contribution >= 0.6 is 23.2 Å². The molecule has 0 spiro atoms. The van der Waals surface area contributed by atoms with Crippen molar-refractivity contribution >= 4 is 50.7 Å². The van der Waals surface area contributed by atoms with Gasteiger partial charge in [-0.1, -0.05) is 79.4 Å². The van der Waals surface area contributed by atoms with Crippen LogP contribution in [0, 0.1) is 13.8 Å². The number of anilines is 1. The van der Waals surface area contributed by atoms with Gasteiger partial charge < -0.3 is 10.2 Å². The van der Waals surface area contributed by atoms with E-state index in [9.17, 15) is 18.0 Å².